The first kappa shape index (κ1) is 19.7. The average molecular weight is 430 g/mol. The molecule has 6 heteroatoms. The van der Waals surface area contributed by atoms with Crippen molar-refractivity contribution in [2.45, 2.75) is 38.3 Å². The van der Waals surface area contributed by atoms with Crippen molar-refractivity contribution in [2.75, 3.05) is 0 Å². The Bertz CT molecular complexity index is 1290. The quantitative estimate of drug-likeness (QED) is 0.516. The molecular formula is C25H23N3O2S. The Morgan fingerprint density at radius 3 is 2.74 bits per heavy atom. The fourth-order valence-electron chi connectivity index (χ4n) is 4.29. The van der Waals surface area contributed by atoms with Crippen molar-refractivity contribution in [3.63, 3.8) is 0 Å². The van der Waals surface area contributed by atoms with Gasteiger partial charge in [-0.3, -0.25) is 14.2 Å². The van der Waals surface area contributed by atoms with Crippen molar-refractivity contribution in [3.05, 3.63) is 98.2 Å². The van der Waals surface area contributed by atoms with Gasteiger partial charge in [-0.25, -0.2) is 4.98 Å². The van der Waals surface area contributed by atoms with Crippen molar-refractivity contribution >= 4 is 28.1 Å². The molecule has 0 bridgehead atoms. The number of thiophene rings is 1. The van der Waals surface area contributed by atoms with Crippen LogP contribution >= 0.6 is 11.3 Å². The molecule has 0 saturated heterocycles. The van der Waals surface area contributed by atoms with E-state index in [2.05, 4.69) is 28.5 Å². The Kier molecular flexibility index (Phi) is 5.38. The number of carbonyl (C=O) groups excluding carboxylic acids is 1. The number of carbonyl (C=O) groups is 1. The zero-order valence-corrected chi connectivity index (χ0v) is 17.9. The average Bonchev–Trinajstić information content (AvgIpc) is 3.34. The van der Waals surface area contributed by atoms with Crippen LogP contribution in [0.2, 0.25) is 0 Å². The van der Waals surface area contributed by atoms with Gasteiger partial charge in [0.15, 0.2) is 0 Å². The normalized spacial score (nSPS) is 14.2. The van der Waals surface area contributed by atoms with Gasteiger partial charge in [0, 0.05) is 4.88 Å². The summed E-state index contributed by atoms with van der Waals surface area (Å²) in [5, 5.41) is 5.68. The molecule has 1 N–H and O–H groups in total. The summed E-state index contributed by atoms with van der Waals surface area (Å²) in [5.74, 6) is -0.213. The van der Waals surface area contributed by atoms with Crippen molar-refractivity contribution in [2.24, 2.45) is 0 Å². The predicted molar refractivity (Wildman–Crippen MR) is 123 cm³/mol. The van der Waals surface area contributed by atoms with E-state index in [1.54, 1.807) is 29.5 Å². The van der Waals surface area contributed by atoms with E-state index in [4.69, 9.17) is 0 Å². The molecular weight excluding hydrogens is 406 g/mol. The van der Waals surface area contributed by atoms with Gasteiger partial charge < -0.3 is 5.32 Å². The first-order valence-corrected chi connectivity index (χ1v) is 11.5. The molecule has 156 valence electrons. The second kappa shape index (κ2) is 8.47. The van der Waals surface area contributed by atoms with Crippen LogP contribution in [0.1, 0.15) is 40.5 Å². The number of amides is 1. The number of aromatic nitrogens is 2. The Morgan fingerprint density at radius 1 is 1.06 bits per heavy atom. The molecule has 0 aliphatic heterocycles. The largest absolute Gasteiger partial charge is 0.343 e. The topological polar surface area (TPSA) is 64.0 Å². The van der Waals surface area contributed by atoms with Crippen molar-refractivity contribution in [3.8, 4) is 0 Å². The van der Waals surface area contributed by atoms with Crippen LogP contribution in [-0.4, -0.2) is 15.5 Å². The van der Waals surface area contributed by atoms with Gasteiger partial charge in [0.05, 0.1) is 23.3 Å². The predicted octanol–water partition coefficient (Wildman–Crippen LogP) is 4.24. The van der Waals surface area contributed by atoms with Crippen LogP contribution in [0.25, 0.3) is 10.9 Å². The number of nitrogens with zero attached hydrogens (tertiary/aromatic N) is 2. The highest BCUT2D eigenvalue weighted by Gasteiger charge is 2.20. The number of hydrogen-bond donors (Lipinski definition) is 1. The fourth-order valence-corrected chi connectivity index (χ4v) is 5.09. The van der Waals surface area contributed by atoms with Crippen LogP contribution in [0.4, 0.5) is 0 Å². The number of hydrogen-bond acceptors (Lipinski definition) is 4. The van der Waals surface area contributed by atoms with Gasteiger partial charge >= 0.3 is 0 Å². The standard InChI is InChI=1S/C25H23N3O2S/c29-23(15-28-16-26-21-9-4-3-8-20(21)25(28)30)27-24(22-10-5-13-31-22)19-12-11-17-6-1-2-7-18(17)14-19/h3-5,8-14,16,24H,1-2,6-7,15H2,(H,27,29). The molecule has 2 aromatic carbocycles. The highest BCUT2D eigenvalue weighted by Crippen LogP contribution is 2.30. The van der Waals surface area contributed by atoms with Crippen LogP contribution in [-0.2, 0) is 24.2 Å². The molecule has 0 spiro atoms. The molecule has 2 aromatic heterocycles. The Morgan fingerprint density at radius 2 is 1.90 bits per heavy atom. The van der Waals surface area contributed by atoms with Gasteiger partial charge in [-0.05, 0) is 66.0 Å². The zero-order valence-electron chi connectivity index (χ0n) is 17.1. The Hall–Kier alpha value is -3.25. The van der Waals surface area contributed by atoms with E-state index in [0.29, 0.717) is 10.9 Å². The summed E-state index contributed by atoms with van der Waals surface area (Å²) in [6, 6.07) is 17.5. The third-order valence-corrected chi connectivity index (χ3v) is 6.82. The molecule has 5 nitrogen and oxygen atoms in total. The van der Waals surface area contributed by atoms with Gasteiger partial charge in [-0.2, -0.15) is 0 Å². The number of fused-ring (bicyclic) bond motifs is 2. The second-order valence-corrected chi connectivity index (χ2v) is 8.93. The summed E-state index contributed by atoms with van der Waals surface area (Å²) in [4.78, 5) is 31.1. The van der Waals surface area contributed by atoms with E-state index < -0.39 is 0 Å². The smallest absolute Gasteiger partial charge is 0.261 e. The molecule has 5 rings (SSSR count). The zero-order chi connectivity index (χ0) is 21.2. The van der Waals surface area contributed by atoms with Gasteiger partial charge in [-0.15, -0.1) is 11.3 Å². The van der Waals surface area contributed by atoms with E-state index in [9.17, 15) is 9.59 Å². The minimum absolute atomic E-state index is 0.0660. The molecule has 2 heterocycles. The number of benzene rings is 2. The van der Waals surface area contributed by atoms with Gasteiger partial charge in [0.25, 0.3) is 5.56 Å². The maximum absolute atomic E-state index is 13.0. The first-order valence-electron chi connectivity index (χ1n) is 10.6. The van der Waals surface area contributed by atoms with Crippen LogP contribution < -0.4 is 10.9 Å². The summed E-state index contributed by atoms with van der Waals surface area (Å²) < 4.78 is 1.37. The number of para-hydroxylation sites is 1. The molecule has 1 unspecified atom stereocenters. The summed E-state index contributed by atoms with van der Waals surface area (Å²) in [6.45, 7) is -0.0660. The molecule has 0 fully saturated rings. The number of aryl methyl sites for hydroxylation is 2. The monoisotopic (exact) mass is 429 g/mol. The molecule has 1 aliphatic rings. The lowest BCUT2D eigenvalue weighted by molar-refractivity contribution is -0.122. The molecule has 31 heavy (non-hydrogen) atoms. The van der Waals surface area contributed by atoms with Crippen LogP contribution in [0.5, 0.6) is 0 Å². The summed E-state index contributed by atoms with van der Waals surface area (Å²) in [5.41, 5.74) is 4.31. The maximum Gasteiger partial charge on any atom is 0.261 e. The minimum Gasteiger partial charge on any atom is -0.343 e. The van der Waals surface area contributed by atoms with E-state index >= 15 is 0 Å². The summed E-state index contributed by atoms with van der Waals surface area (Å²) in [7, 11) is 0. The minimum atomic E-state index is -0.233. The van der Waals surface area contributed by atoms with Crippen LogP contribution in [0.15, 0.2) is 71.1 Å². The van der Waals surface area contributed by atoms with Gasteiger partial charge in [-0.1, -0.05) is 36.4 Å². The van der Waals surface area contributed by atoms with E-state index in [0.717, 1.165) is 23.3 Å². The van der Waals surface area contributed by atoms with Gasteiger partial charge in [0.2, 0.25) is 5.91 Å². The molecule has 1 atom stereocenters. The second-order valence-electron chi connectivity index (χ2n) is 7.95. The van der Waals surface area contributed by atoms with Crippen LogP contribution in [0.3, 0.4) is 0 Å². The fraction of sp³-hybridized carbons (Fsp3) is 0.240. The van der Waals surface area contributed by atoms with E-state index in [-0.39, 0.29) is 24.1 Å². The maximum atomic E-state index is 13.0. The third kappa shape index (κ3) is 4.03. The molecule has 1 aliphatic carbocycles. The first-order chi connectivity index (χ1) is 15.2. The summed E-state index contributed by atoms with van der Waals surface area (Å²) >= 11 is 1.62. The van der Waals surface area contributed by atoms with Gasteiger partial charge in [0.1, 0.15) is 6.54 Å². The molecule has 0 saturated carbocycles. The third-order valence-electron chi connectivity index (χ3n) is 5.88. The Balaban J connectivity index is 1.42. The summed E-state index contributed by atoms with van der Waals surface area (Å²) in [6.07, 6.45) is 6.12. The SMILES string of the molecule is O=C(Cn1cnc2ccccc2c1=O)NC(c1ccc2c(c1)CCCC2)c1cccs1. The molecule has 1 amide bonds. The lowest BCUT2D eigenvalue weighted by atomic mass is 9.89. The lowest BCUT2D eigenvalue weighted by Crippen LogP contribution is -2.35. The molecule has 0 radical (unpaired) electrons. The Labute approximate surface area is 184 Å². The number of nitrogens with one attached hydrogen (secondary N) is 1. The van der Waals surface area contributed by atoms with Crippen molar-refractivity contribution in [1.29, 1.82) is 0 Å². The highest BCUT2D eigenvalue weighted by molar-refractivity contribution is 7.10. The van der Waals surface area contributed by atoms with E-state index in [1.165, 1.54) is 34.9 Å². The van der Waals surface area contributed by atoms with Crippen molar-refractivity contribution in [1.82, 2.24) is 14.9 Å². The van der Waals surface area contributed by atoms with E-state index in [1.807, 2.05) is 23.6 Å². The number of rotatable bonds is 5. The van der Waals surface area contributed by atoms with Crippen LogP contribution in [0, 0.1) is 0 Å². The highest BCUT2D eigenvalue weighted by atomic mass is 32.1. The molecule has 4 aromatic rings. The van der Waals surface area contributed by atoms with Crippen molar-refractivity contribution < 1.29 is 4.79 Å². The lowest BCUT2D eigenvalue weighted by Gasteiger charge is -2.22.